The zero-order chi connectivity index (χ0) is 13.7. The Morgan fingerprint density at radius 2 is 2.16 bits per heavy atom. The Kier molecular flexibility index (Phi) is 5.13. The van der Waals surface area contributed by atoms with Gasteiger partial charge in [-0.2, -0.15) is 0 Å². The van der Waals surface area contributed by atoms with Crippen LogP contribution in [0.5, 0.6) is 5.75 Å². The smallest absolute Gasteiger partial charge is 0.138 e. The van der Waals surface area contributed by atoms with Crippen molar-refractivity contribution in [3.05, 3.63) is 23.5 Å². The Bertz CT molecular complexity index is 406. The molecule has 0 saturated carbocycles. The van der Waals surface area contributed by atoms with E-state index in [9.17, 15) is 5.11 Å². The van der Waals surface area contributed by atoms with Gasteiger partial charge >= 0.3 is 0 Å². The Balaban J connectivity index is 1.79. The number of aromatic nitrogens is 1. The largest absolute Gasteiger partial charge is 0.506 e. The maximum Gasteiger partial charge on any atom is 0.138 e. The summed E-state index contributed by atoms with van der Waals surface area (Å²) in [5, 5.41) is 13.1. The minimum Gasteiger partial charge on any atom is -0.506 e. The van der Waals surface area contributed by atoms with E-state index in [-0.39, 0.29) is 5.75 Å². The second kappa shape index (κ2) is 6.84. The van der Waals surface area contributed by atoms with Crippen LogP contribution in [0.25, 0.3) is 0 Å². The lowest BCUT2D eigenvalue weighted by atomic mass is 10.2. The van der Waals surface area contributed by atoms with Crippen LogP contribution in [-0.2, 0) is 11.3 Å². The molecular weight excluding hydrogens is 242 g/mol. The summed E-state index contributed by atoms with van der Waals surface area (Å²) in [5.74, 6) is 0.261. The molecule has 1 aromatic rings. The Morgan fingerprint density at radius 1 is 1.42 bits per heavy atom. The lowest BCUT2D eigenvalue weighted by molar-refractivity contribution is 0.0343. The monoisotopic (exact) mass is 265 g/mol. The van der Waals surface area contributed by atoms with E-state index < -0.39 is 0 Å². The molecule has 2 heterocycles. The summed E-state index contributed by atoms with van der Waals surface area (Å²) >= 11 is 0. The van der Waals surface area contributed by atoms with Crippen LogP contribution in [0.15, 0.2) is 12.1 Å². The van der Waals surface area contributed by atoms with Crippen molar-refractivity contribution < 1.29 is 9.84 Å². The summed E-state index contributed by atoms with van der Waals surface area (Å²) < 4.78 is 5.33. The van der Waals surface area contributed by atoms with E-state index in [0.717, 1.165) is 38.5 Å². The fraction of sp³-hybridized carbons (Fsp3) is 0.643. The van der Waals surface area contributed by atoms with Crippen molar-refractivity contribution in [3.63, 3.8) is 0 Å². The van der Waals surface area contributed by atoms with Crippen LogP contribution in [0, 0.1) is 6.92 Å². The van der Waals surface area contributed by atoms with E-state index >= 15 is 0 Å². The summed E-state index contributed by atoms with van der Waals surface area (Å²) in [5.41, 5.74) is 1.64. The van der Waals surface area contributed by atoms with Gasteiger partial charge in [0.25, 0.3) is 0 Å². The number of ether oxygens (including phenoxy) is 1. The van der Waals surface area contributed by atoms with Gasteiger partial charge in [-0.05, 0) is 26.0 Å². The van der Waals surface area contributed by atoms with Crippen LogP contribution in [0.2, 0.25) is 0 Å². The molecule has 1 saturated heterocycles. The van der Waals surface area contributed by atoms with Gasteiger partial charge in [-0.1, -0.05) is 0 Å². The first kappa shape index (κ1) is 14.2. The molecule has 106 valence electrons. The first-order valence-electron chi connectivity index (χ1n) is 6.84. The van der Waals surface area contributed by atoms with Crippen molar-refractivity contribution in [3.8, 4) is 5.75 Å². The van der Waals surface area contributed by atoms with Crippen molar-refractivity contribution in [1.82, 2.24) is 15.2 Å². The van der Waals surface area contributed by atoms with E-state index in [0.29, 0.717) is 18.3 Å². The molecule has 19 heavy (non-hydrogen) atoms. The zero-order valence-electron chi connectivity index (χ0n) is 11.7. The standard InChI is InChI=1S/C14H23N3O2/c1-11-3-4-14(18)13(16-11)9-15-12(2)10-17-5-7-19-8-6-17/h3-4,12,15,18H,5-10H2,1-2H3/t12-/m0/s1. The number of aryl methyl sites for hydroxylation is 1. The minimum atomic E-state index is 0.261. The third kappa shape index (κ3) is 4.45. The van der Waals surface area contributed by atoms with Crippen molar-refractivity contribution in [1.29, 1.82) is 0 Å². The van der Waals surface area contributed by atoms with Gasteiger partial charge in [0.1, 0.15) is 5.75 Å². The quantitative estimate of drug-likeness (QED) is 0.828. The fourth-order valence-electron chi connectivity index (χ4n) is 2.24. The molecule has 5 nitrogen and oxygen atoms in total. The molecule has 1 atom stereocenters. The predicted molar refractivity (Wildman–Crippen MR) is 74.2 cm³/mol. The first-order valence-corrected chi connectivity index (χ1v) is 6.84. The number of nitrogens with zero attached hydrogens (tertiary/aromatic N) is 2. The maximum absolute atomic E-state index is 9.74. The van der Waals surface area contributed by atoms with Crippen LogP contribution in [-0.4, -0.2) is 53.9 Å². The van der Waals surface area contributed by atoms with Gasteiger partial charge < -0.3 is 15.2 Å². The van der Waals surface area contributed by atoms with Gasteiger partial charge in [0, 0.05) is 37.9 Å². The second-order valence-corrected chi connectivity index (χ2v) is 5.11. The zero-order valence-corrected chi connectivity index (χ0v) is 11.7. The van der Waals surface area contributed by atoms with Crippen molar-refractivity contribution in [2.75, 3.05) is 32.8 Å². The topological polar surface area (TPSA) is 57.6 Å². The molecule has 0 aromatic carbocycles. The van der Waals surface area contributed by atoms with Gasteiger partial charge in [0.05, 0.1) is 18.9 Å². The van der Waals surface area contributed by atoms with Crippen LogP contribution in [0.3, 0.4) is 0 Å². The van der Waals surface area contributed by atoms with Crippen LogP contribution >= 0.6 is 0 Å². The van der Waals surface area contributed by atoms with E-state index in [2.05, 4.69) is 22.1 Å². The molecule has 0 spiro atoms. The van der Waals surface area contributed by atoms with Crippen molar-refractivity contribution in [2.45, 2.75) is 26.4 Å². The molecule has 0 aliphatic carbocycles. The van der Waals surface area contributed by atoms with Crippen molar-refractivity contribution in [2.24, 2.45) is 0 Å². The molecule has 1 aliphatic heterocycles. The van der Waals surface area contributed by atoms with Gasteiger partial charge in [-0.3, -0.25) is 9.88 Å². The van der Waals surface area contributed by atoms with Crippen LogP contribution in [0.4, 0.5) is 0 Å². The molecule has 2 rings (SSSR count). The summed E-state index contributed by atoms with van der Waals surface area (Å²) in [6.45, 7) is 9.33. The van der Waals surface area contributed by atoms with E-state index in [1.54, 1.807) is 6.07 Å². The molecule has 5 heteroatoms. The van der Waals surface area contributed by atoms with E-state index in [1.807, 2.05) is 13.0 Å². The van der Waals surface area contributed by atoms with Gasteiger partial charge in [0.15, 0.2) is 0 Å². The predicted octanol–water partition coefficient (Wildman–Crippen LogP) is 0.906. The van der Waals surface area contributed by atoms with E-state index in [4.69, 9.17) is 4.74 Å². The normalized spacial score (nSPS) is 18.4. The number of hydrogen-bond acceptors (Lipinski definition) is 5. The molecule has 2 N–H and O–H groups in total. The van der Waals surface area contributed by atoms with Crippen molar-refractivity contribution >= 4 is 0 Å². The summed E-state index contributed by atoms with van der Waals surface area (Å²) in [6.07, 6.45) is 0. The SMILES string of the molecule is Cc1ccc(O)c(CN[C@@H](C)CN2CCOCC2)n1. The second-order valence-electron chi connectivity index (χ2n) is 5.11. The Hall–Kier alpha value is -1.17. The molecule has 0 unspecified atom stereocenters. The van der Waals surface area contributed by atoms with Crippen LogP contribution in [0.1, 0.15) is 18.3 Å². The highest BCUT2D eigenvalue weighted by molar-refractivity contribution is 5.27. The highest BCUT2D eigenvalue weighted by Crippen LogP contribution is 2.14. The molecule has 0 amide bonds. The summed E-state index contributed by atoms with van der Waals surface area (Å²) in [6, 6.07) is 3.88. The highest BCUT2D eigenvalue weighted by atomic mass is 16.5. The lowest BCUT2D eigenvalue weighted by Gasteiger charge is -2.29. The highest BCUT2D eigenvalue weighted by Gasteiger charge is 2.14. The molecule has 0 bridgehead atoms. The molecule has 1 aromatic heterocycles. The number of nitrogens with one attached hydrogen (secondary N) is 1. The van der Waals surface area contributed by atoms with Gasteiger partial charge in [0.2, 0.25) is 0 Å². The number of aromatic hydroxyl groups is 1. The minimum absolute atomic E-state index is 0.261. The number of hydrogen-bond donors (Lipinski definition) is 2. The average molecular weight is 265 g/mol. The van der Waals surface area contributed by atoms with Gasteiger partial charge in [-0.25, -0.2) is 0 Å². The summed E-state index contributed by atoms with van der Waals surface area (Å²) in [4.78, 5) is 6.74. The van der Waals surface area contributed by atoms with E-state index in [1.165, 1.54) is 0 Å². The lowest BCUT2D eigenvalue weighted by Crippen LogP contribution is -2.44. The summed E-state index contributed by atoms with van der Waals surface area (Å²) in [7, 11) is 0. The molecular formula is C14H23N3O2. The first-order chi connectivity index (χ1) is 9.15. The number of rotatable bonds is 5. The van der Waals surface area contributed by atoms with Crippen LogP contribution < -0.4 is 5.32 Å². The third-order valence-electron chi connectivity index (χ3n) is 3.34. The Morgan fingerprint density at radius 3 is 2.89 bits per heavy atom. The maximum atomic E-state index is 9.74. The molecule has 1 aliphatic rings. The molecule has 1 fully saturated rings. The third-order valence-corrected chi connectivity index (χ3v) is 3.34. The fourth-order valence-corrected chi connectivity index (χ4v) is 2.24. The Labute approximate surface area is 114 Å². The number of pyridine rings is 1. The molecule has 0 radical (unpaired) electrons. The number of morpholine rings is 1. The average Bonchev–Trinajstić information content (AvgIpc) is 2.41. The van der Waals surface area contributed by atoms with Gasteiger partial charge in [-0.15, -0.1) is 0 Å².